The van der Waals surface area contributed by atoms with Crippen LogP contribution in [0.1, 0.15) is 10.5 Å². The first kappa shape index (κ1) is 22.5. The van der Waals surface area contributed by atoms with Gasteiger partial charge in [-0.3, -0.25) is 9.69 Å². The molecule has 1 amide bonds. The van der Waals surface area contributed by atoms with Gasteiger partial charge in [0.15, 0.2) is 5.65 Å². The van der Waals surface area contributed by atoms with Gasteiger partial charge in [0.2, 0.25) is 0 Å². The summed E-state index contributed by atoms with van der Waals surface area (Å²) in [6, 6.07) is 16.9. The van der Waals surface area contributed by atoms with Crippen molar-refractivity contribution in [2.45, 2.75) is 0 Å². The number of hydrogen-bond acceptors (Lipinski definition) is 5. The second kappa shape index (κ2) is 9.89. The fourth-order valence-corrected chi connectivity index (χ4v) is 4.04. The fraction of sp³-hybridized carbons (Fsp3) is 0.240. The molecule has 1 aliphatic rings. The van der Waals surface area contributed by atoms with Gasteiger partial charge in [0.25, 0.3) is 5.91 Å². The molecule has 2 aromatic carbocycles. The van der Waals surface area contributed by atoms with Crippen LogP contribution in [0.2, 0.25) is 5.02 Å². The molecule has 0 atom stereocenters. The van der Waals surface area contributed by atoms with E-state index in [0.29, 0.717) is 53.1 Å². The van der Waals surface area contributed by atoms with Crippen LogP contribution in [0.4, 0.5) is 4.39 Å². The summed E-state index contributed by atoms with van der Waals surface area (Å²) < 4.78 is 20.4. The minimum atomic E-state index is -0.333. The maximum absolute atomic E-state index is 13.5. The van der Waals surface area contributed by atoms with Crippen LogP contribution in [-0.4, -0.2) is 64.8 Å². The van der Waals surface area contributed by atoms with Crippen molar-refractivity contribution in [2.24, 2.45) is 0 Å². The van der Waals surface area contributed by atoms with Gasteiger partial charge in [0, 0.05) is 48.4 Å². The number of hydrogen-bond donors (Lipinski definition) is 1. The van der Waals surface area contributed by atoms with Gasteiger partial charge < -0.3 is 10.1 Å². The van der Waals surface area contributed by atoms with Crippen LogP contribution in [0.25, 0.3) is 28.2 Å². The molecule has 0 spiro atoms. The Morgan fingerprint density at radius 3 is 2.41 bits per heavy atom. The first-order valence-corrected chi connectivity index (χ1v) is 11.5. The molecule has 1 fully saturated rings. The number of ether oxygens (including phenoxy) is 1. The Kier molecular flexibility index (Phi) is 6.53. The largest absolute Gasteiger partial charge is 0.379 e. The minimum absolute atomic E-state index is 0.255. The quantitative estimate of drug-likeness (QED) is 0.454. The molecule has 4 aromatic rings. The van der Waals surface area contributed by atoms with Gasteiger partial charge in [-0.25, -0.2) is 13.9 Å². The van der Waals surface area contributed by atoms with Gasteiger partial charge in [-0.05, 0) is 42.5 Å². The zero-order valence-corrected chi connectivity index (χ0v) is 19.1. The number of aromatic nitrogens is 3. The molecular weight excluding hydrogens is 457 g/mol. The van der Waals surface area contributed by atoms with E-state index in [1.54, 1.807) is 34.8 Å². The summed E-state index contributed by atoms with van der Waals surface area (Å²) >= 11 is 6.02. The number of fused-ring (bicyclic) bond motifs is 1. The molecule has 0 unspecified atom stereocenters. The molecule has 9 heteroatoms. The number of nitrogens with one attached hydrogen (secondary N) is 1. The zero-order valence-electron chi connectivity index (χ0n) is 18.4. The van der Waals surface area contributed by atoms with Crippen LogP contribution < -0.4 is 5.32 Å². The highest BCUT2D eigenvalue weighted by Crippen LogP contribution is 2.25. The van der Waals surface area contributed by atoms with Gasteiger partial charge in [-0.15, -0.1) is 0 Å². The van der Waals surface area contributed by atoms with E-state index < -0.39 is 0 Å². The van der Waals surface area contributed by atoms with Crippen LogP contribution in [-0.2, 0) is 4.74 Å². The average Bonchev–Trinajstić information content (AvgIpc) is 3.29. The van der Waals surface area contributed by atoms with Crippen LogP contribution in [0.3, 0.4) is 0 Å². The van der Waals surface area contributed by atoms with E-state index >= 15 is 0 Å². The second-order valence-corrected chi connectivity index (χ2v) is 8.49. The predicted molar refractivity (Wildman–Crippen MR) is 128 cm³/mol. The Labute approximate surface area is 201 Å². The highest BCUT2D eigenvalue weighted by Gasteiger charge is 2.18. The number of morpholine rings is 1. The summed E-state index contributed by atoms with van der Waals surface area (Å²) in [6.45, 7) is 4.37. The summed E-state index contributed by atoms with van der Waals surface area (Å²) in [5, 5.41) is 8.27. The Morgan fingerprint density at radius 2 is 1.68 bits per heavy atom. The van der Waals surface area contributed by atoms with Crippen molar-refractivity contribution in [1.29, 1.82) is 0 Å². The zero-order chi connectivity index (χ0) is 23.5. The normalized spacial score (nSPS) is 14.4. The number of halogens is 2. The topological polar surface area (TPSA) is 71.8 Å². The Bertz CT molecular complexity index is 1300. The lowest BCUT2D eigenvalue weighted by Crippen LogP contribution is -2.41. The van der Waals surface area contributed by atoms with Gasteiger partial charge in [0.05, 0.1) is 24.6 Å². The van der Waals surface area contributed by atoms with E-state index in [9.17, 15) is 9.18 Å². The molecule has 34 heavy (non-hydrogen) atoms. The number of carbonyl (C=O) groups excluding carboxylic acids is 1. The molecule has 5 rings (SSSR count). The van der Waals surface area contributed by atoms with E-state index in [1.807, 2.05) is 18.2 Å². The number of benzene rings is 2. The molecular formula is C25H23ClFN5O2. The Morgan fingerprint density at radius 1 is 1.00 bits per heavy atom. The maximum Gasteiger partial charge on any atom is 0.270 e. The standard InChI is InChI=1S/C25H23ClFN5O2/c26-19-5-1-18(2-6-19)22-16-24-29-21(17-3-7-20(27)8-4-17)15-23(32(24)30-22)25(33)28-9-10-31-11-13-34-14-12-31/h1-8,15-16H,9-14H2,(H,28,33). The molecule has 0 radical (unpaired) electrons. The van der Waals surface area contributed by atoms with Crippen LogP contribution in [0.15, 0.2) is 60.7 Å². The molecule has 1 saturated heterocycles. The third-order valence-corrected chi connectivity index (χ3v) is 6.01. The molecule has 174 valence electrons. The third kappa shape index (κ3) is 4.94. The van der Waals surface area contributed by atoms with Crippen molar-refractivity contribution in [1.82, 2.24) is 24.8 Å². The maximum atomic E-state index is 13.5. The number of amides is 1. The predicted octanol–water partition coefficient (Wildman–Crippen LogP) is 3.92. The van der Waals surface area contributed by atoms with Gasteiger partial charge in [0.1, 0.15) is 11.5 Å². The van der Waals surface area contributed by atoms with Crippen molar-refractivity contribution in [2.75, 3.05) is 39.4 Å². The minimum Gasteiger partial charge on any atom is -0.379 e. The second-order valence-electron chi connectivity index (χ2n) is 8.05. The van der Waals surface area contributed by atoms with Crippen molar-refractivity contribution >= 4 is 23.2 Å². The van der Waals surface area contributed by atoms with Crippen molar-refractivity contribution in [3.63, 3.8) is 0 Å². The SMILES string of the molecule is O=C(NCCN1CCOCC1)c1cc(-c2ccc(F)cc2)nc2cc(-c3ccc(Cl)cc3)nn12. The van der Waals surface area contributed by atoms with E-state index in [-0.39, 0.29) is 11.7 Å². The summed E-state index contributed by atoms with van der Waals surface area (Å²) in [6.07, 6.45) is 0. The number of nitrogens with zero attached hydrogens (tertiary/aromatic N) is 4. The Hall–Kier alpha value is -3.33. The molecule has 0 aliphatic carbocycles. The van der Waals surface area contributed by atoms with E-state index in [2.05, 4.69) is 20.3 Å². The van der Waals surface area contributed by atoms with E-state index in [1.165, 1.54) is 12.1 Å². The van der Waals surface area contributed by atoms with Crippen molar-refractivity contribution in [3.8, 4) is 22.5 Å². The van der Waals surface area contributed by atoms with Crippen molar-refractivity contribution < 1.29 is 13.9 Å². The van der Waals surface area contributed by atoms with Crippen LogP contribution in [0, 0.1) is 5.82 Å². The first-order chi connectivity index (χ1) is 16.6. The van der Waals surface area contributed by atoms with Gasteiger partial charge in [-0.2, -0.15) is 5.10 Å². The number of carbonyl (C=O) groups is 1. The monoisotopic (exact) mass is 479 g/mol. The van der Waals surface area contributed by atoms with Crippen LogP contribution >= 0.6 is 11.6 Å². The lowest BCUT2D eigenvalue weighted by Gasteiger charge is -2.26. The lowest BCUT2D eigenvalue weighted by molar-refractivity contribution is 0.0383. The molecule has 0 saturated carbocycles. The molecule has 0 bridgehead atoms. The number of rotatable bonds is 6. The molecule has 3 heterocycles. The summed E-state index contributed by atoms with van der Waals surface area (Å²) in [5.41, 5.74) is 3.67. The van der Waals surface area contributed by atoms with E-state index in [4.69, 9.17) is 16.3 Å². The molecule has 7 nitrogen and oxygen atoms in total. The third-order valence-electron chi connectivity index (χ3n) is 5.76. The first-order valence-electron chi connectivity index (χ1n) is 11.1. The summed E-state index contributed by atoms with van der Waals surface area (Å²) in [4.78, 5) is 20.1. The van der Waals surface area contributed by atoms with Crippen LogP contribution in [0.5, 0.6) is 0 Å². The summed E-state index contributed by atoms with van der Waals surface area (Å²) in [5.74, 6) is -0.588. The molecule has 2 aromatic heterocycles. The fourth-order valence-electron chi connectivity index (χ4n) is 3.91. The van der Waals surface area contributed by atoms with Gasteiger partial charge in [-0.1, -0.05) is 23.7 Å². The van der Waals surface area contributed by atoms with E-state index in [0.717, 1.165) is 25.2 Å². The molecule has 1 N–H and O–H groups in total. The highest BCUT2D eigenvalue weighted by molar-refractivity contribution is 6.30. The Balaban J connectivity index is 1.48. The summed E-state index contributed by atoms with van der Waals surface area (Å²) in [7, 11) is 0. The molecule has 1 aliphatic heterocycles. The van der Waals surface area contributed by atoms with Gasteiger partial charge >= 0.3 is 0 Å². The lowest BCUT2D eigenvalue weighted by atomic mass is 10.1. The smallest absolute Gasteiger partial charge is 0.270 e. The highest BCUT2D eigenvalue weighted by atomic mass is 35.5. The average molecular weight is 480 g/mol. The van der Waals surface area contributed by atoms with Crippen molar-refractivity contribution in [3.05, 3.63) is 77.2 Å².